The van der Waals surface area contributed by atoms with Crippen molar-refractivity contribution < 1.29 is 5.11 Å². The molecule has 0 fully saturated rings. The first-order chi connectivity index (χ1) is 9.58. The minimum atomic E-state index is -0.636. The van der Waals surface area contributed by atoms with Crippen molar-refractivity contribution in [1.82, 2.24) is 4.98 Å². The Hall–Kier alpha value is -2.10. The molecule has 1 heterocycles. The van der Waals surface area contributed by atoms with E-state index in [1.54, 1.807) is 6.07 Å². The number of benzene rings is 1. The van der Waals surface area contributed by atoms with Crippen molar-refractivity contribution in [3.05, 3.63) is 49.9 Å². The second-order valence-corrected chi connectivity index (χ2v) is 4.97. The Morgan fingerprint density at radius 1 is 1.10 bits per heavy atom. The molecule has 1 aromatic heterocycles. The van der Waals surface area contributed by atoms with E-state index < -0.39 is 11.3 Å². The third-order valence-electron chi connectivity index (χ3n) is 3.42. The summed E-state index contributed by atoms with van der Waals surface area (Å²) in [6.07, 6.45) is 3.61. The van der Waals surface area contributed by atoms with Gasteiger partial charge in [0.1, 0.15) is 0 Å². The van der Waals surface area contributed by atoms with Crippen LogP contribution in [0.3, 0.4) is 0 Å². The first kappa shape index (κ1) is 14.3. The van der Waals surface area contributed by atoms with Crippen LogP contribution < -0.4 is 11.0 Å². The van der Waals surface area contributed by atoms with Crippen LogP contribution in [0.25, 0.3) is 10.9 Å². The van der Waals surface area contributed by atoms with Gasteiger partial charge in [-0.3, -0.25) is 9.59 Å². The number of aromatic hydroxyl groups is 1. The lowest BCUT2D eigenvalue weighted by Crippen LogP contribution is -2.04. The summed E-state index contributed by atoms with van der Waals surface area (Å²) in [5.41, 5.74) is 1.68. The Labute approximate surface area is 117 Å². The predicted octanol–water partition coefficient (Wildman–Crippen LogP) is 2.50. The van der Waals surface area contributed by atoms with Crippen LogP contribution in [-0.2, 0) is 12.8 Å². The average molecular weight is 273 g/mol. The SMILES string of the molecule is CCCc1ccc2[nH]c(=O)c(O)cc(=O)c2c1CCC. The highest BCUT2D eigenvalue weighted by Gasteiger charge is 2.11. The van der Waals surface area contributed by atoms with E-state index in [-0.39, 0.29) is 5.43 Å². The molecule has 0 spiro atoms. The fourth-order valence-electron chi connectivity index (χ4n) is 2.56. The molecule has 0 unspecified atom stereocenters. The Kier molecular flexibility index (Phi) is 4.23. The van der Waals surface area contributed by atoms with E-state index in [0.717, 1.165) is 42.9 Å². The summed E-state index contributed by atoms with van der Waals surface area (Å²) < 4.78 is 0. The van der Waals surface area contributed by atoms with Crippen LogP contribution in [0.5, 0.6) is 5.75 Å². The number of H-pyrrole nitrogens is 1. The molecule has 4 heteroatoms. The fourth-order valence-corrected chi connectivity index (χ4v) is 2.56. The number of aryl methyl sites for hydroxylation is 2. The van der Waals surface area contributed by atoms with Crippen LogP contribution in [0.15, 0.2) is 27.8 Å². The third-order valence-corrected chi connectivity index (χ3v) is 3.42. The molecule has 0 saturated carbocycles. The van der Waals surface area contributed by atoms with E-state index in [2.05, 4.69) is 18.8 Å². The first-order valence-corrected chi connectivity index (χ1v) is 6.99. The van der Waals surface area contributed by atoms with Gasteiger partial charge in [-0.25, -0.2) is 0 Å². The number of hydrogen-bond acceptors (Lipinski definition) is 3. The van der Waals surface area contributed by atoms with Crippen LogP contribution in [0.1, 0.15) is 37.8 Å². The molecule has 0 amide bonds. The quantitative estimate of drug-likeness (QED) is 0.899. The highest BCUT2D eigenvalue weighted by atomic mass is 16.3. The molecular weight excluding hydrogens is 254 g/mol. The second kappa shape index (κ2) is 5.90. The Bertz CT molecular complexity index is 747. The molecule has 0 radical (unpaired) electrons. The average Bonchev–Trinajstić information content (AvgIpc) is 2.51. The topological polar surface area (TPSA) is 70.2 Å². The summed E-state index contributed by atoms with van der Waals surface area (Å²) in [4.78, 5) is 26.5. The van der Waals surface area contributed by atoms with Crippen molar-refractivity contribution >= 4 is 10.9 Å². The molecule has 0 aliphatic carbocycles. The van der Waals surface area contributed by atoms with E-state index in [4.69, 9.17) is 0 Å². The highest BCUT2D eigenvalue weighted by molar-refractivity contribution is 5.83. The van der Waals surface area contributed by atoms with Crippen molar-refractivity contribution in [3.63, 3.8) is 0 Å². The maximum absolute atomic E-state index is 12.3. The van der Waals surface area contributed by atoms with Gasteiger partial charge in [0.2, 0.25) is 0 Å². The van der Waals surface area contributed by atoms with Gasteiger partial charge < -0.3 is 10.1 Å². The smallest absolute Gasteiger partial charge is 0.290 e. The van der Waals surface area contributed by atoms with Crippen molar-refractivity contribution in [1.29, 1.82) is 0 Å². The van der Waals surface area contributed by atoms with Crippen LogP contribution >= 0.6 is 0 Å². The van der Waals surface area contributed by atoms with Gasteiger partial charge in [0.15, 0.2) is 11.2 Å². The summed E-state index contributed by atoms with van der Waals surface area (Å²) in [7, 11) is 0. The molecule has 2 aromatic rings. The van der Waals surface area contributed by atoms with Crippen molar-refractivity contribution in [3.8, 4) is 5.75 Å². The van der Waals surface area contributed by atoms with E-state index in [1.165, 1.54) is 0 Å². The predicted molar refractivity (Wildman–Crippen MR) is 80.5 cm³/mol. The number of aromatic nitrogens is 1. The van der Waals surface area contributed by atoms with Gasteiger partial charge in [-0.05, 0) is 30.0 Å². The van der Waals surface area contributed by atoms with Crippen LogP contribution in [0.2, 0.25) is 0 Å². The number of nitrogens with one attached hydrogen (secondary N) is 1. The maximum atomic E-state index is 12.3. The second-order valence-electron chi connectivity index (χ2n) is 4.97. The van der Waals surface area contributed by atoms with E-state index in [1.807, 2.05) is 6.07 Å². The number of hydrogen-bond donors (Lipinski definition) is 2. The van der Waals surface area contributed by atoms with Crippen LogP contribution in [-0.4, -0.2) is 10.1 Å². The van der Waals surface area contributed by atoms with Gasteiger partial charge in [-0.15, -0.1) is 0 Å². The largest absolute Gasteiger partial charge is 0.503 e. The lowest BCUT2D eigenvalue weighted by atomic mass is 9.95. The zero-order valence-corrected chi connectivity index (χ0v) is 11.8. The lowest BCUT2D eigenvalue weighted by Gasteiger charge is -2.09. The van der Waals surface area contributed by atoms with Gasteiger partial charge in [-0.1, -0.05) is 32.8 Å². The van der Waals surface area contributed by atoms with Gasteiger partial charge >= 0.3 is 0 Å². The van der Waals surface area contributed by atoms with Crippen LogP contribution in [0.4, 0.5) is 0 Å². The van der Waals surface area contributed by atoms with Gasteiger partial charge in [0.05, 0.1) is 5.52 Å². The first-order valence-electron chi connectivity index (χ1n) is 6.99. The summed E-state index contributed by atoms with van der Waals surface area (Å²) in [5.74, 6) is -0.536. The molecule has 0 bridgehead atoms. The van der Waals surface area contributed by atoms with Crippen molar-refractivity contribution in [2.75, 3.05) is 0 Å². The Morgan fingerprint density at radius 3 is 2.45 bits per heavy atom. The minimum Gasteiger partial charge on any atom is -0.503 e. The van der Waals surface area contributed by atoms with Gasteiger partial charge in [0.25, 0.3) is 5.56 Å². The third kappa shape index (κ3) is 2.59. The van der Waals surface area contributed by atoms with Crippen molar-refractivity contribution in [2.45, 2.75) is 39.5 Å². The van der Waals surface area contributed by atoms with E-state index in [9.17, 15) is 14.7 Å². The molecule has 2 rings (SSSR count). The van der Waals surface area contributed by atoms with Crippen LogP contribution in [0, 0.1) is 0 Å². The zero-order chi connectivity index (χ0) is 14.7. The molecule has 20 heavy (non-hydrogen) atoms. The maximum Gasteiger partial charge on any atom is 0.290 e. The molecule has 4 nitrogen and oxygen atoms in total. The monoisotopic (exact) mass is 273 g/mol. The highest BCUT2D eigenvalue weighted by Crippen LogP contribution is 2.21. The molecule has 0 saturated heterocycles. The molecule has 0 aliphatic rings. The lowest BCUT2D eigenvalue weighted by molar-refractivity contribution is 0.468. The normalized spacial score (nSPS) is 10.9. The molecular formula is C16H19NO3. The number of rotatable bonds is 4. The van der Waals surface area contributed by atoms with Gasteiger partial charge in [0, 0.05) is 11.5 Å². The Balaban J connectivity index is 2.93. The molecule has 2 N–H and O–H groups in total. The number of fused-ring (bicyclic) bond motifs is 1. The zero-order valence-electron chi connectivity index (χ0n) is 11.8. The van der Waals surface area contributed by atoms with E-state index in [0.29, 0.717) is 10.9 Å². The molecule has 1 aromatic carbocycles. The number of aromatic amines is 1. The molecule has 106 valence electrons. The minimum absolute atomic E-state index is 0.308. The van der Waals surface area contributed by atoms with Gasteiger partial charge in [-0.2, -0.15) is 0 Å². The Morgan fingerprint density at radius 2 is 1.80 bits per heavy atom. The standard InChI is InChI=1S/C16H19NO3/c1-3-5-10-7-8-12-15(11(10)6-4-2)13(18)9-14(19)16(20)17-12/h7-9,19H,3-6H2,1-2H3,(H,17,20). The summed E-state index contributed by atoms with van der Waals surface area (Å²) >= 11 is 0. The summed E-state index contributed by atoms with van der Waals surface area (Å²) in [6.45, 7) is 4.15. The summed E-state index contributed by atoms with van der Waals surface area (Å²) in [6, 6.07) is 4.72. The van der Waals surface area contributed by atoms with Crippen molar-refractivity contribution in [2.24, 2.45) is 0 Å². The fraction of sp³-hybridized carbons (Fsp3) is 0.375. The summed E-state index contributed by atoms with van der Waals surface area (Å²) in [5, 5.41) is 10.0. The molecule has 0 aliphatic heterocycles. The molecule has 0 atom stereocenters. The van der Waals surface area contributed by atoms with E-state index >= 15 is 0 Å².